The van der Waals surface area contributed by atoms with E-state index in [4.69, 9.17) is 4.74 Å². The van der Waals surface area contributed by atoms with E-state index in [1.807, 2.05) is 15.7 Å². The minimum absolute atomic E-state index is 0.0310. The maximum absolute atomic E-state index is 12.6. The average Bonchev–Trinajstić information content (AvgIpc) is 2.96. The summed E-state index contributed by atoms with van der Waals surface area (Å²) in [6.45, 7) is 6.24. The minimum Gasteiger partial charge on any atom is -0.376 e. The van der Waals surface area contributed by atoms with Crippen LogP contribution in [0.5, 0.6) is 0 Å². The number of nitrogens with zero attached hydrogens (tertiary/aromatic N) is 3. The number of aryl methyl sites for hydroxylation is 1. The maximum atomic E-state index is 12.6. The Morgan fingerprint density at radius 3 is 3.19 bits per heavy atom. The summed E-state index contributed by atoms with van der Waals surface area (Å²) in [6, 6.07) is 0. The van der Waals surface area contributed by atoms with E-state index >= 15 is 0 Å². The number of carbonyl (C=O) groups is 1. The molecule has 6 nitrogen and oxygen atoms in total. The number of imidazole rings is 1. The summed E-state index contributed by atoms with van der Waals surface area (Å²) in [5.74, 6) is 0.851. The molecule has 0 bridgehead atoms. The summed E-state index contributed by atoms with van der Waals surface area (Å²) in [5.41, 5.74) is 0.551. The largest absolute Gasteiger partial charge is 0.376 e. The van der Waals surface area contributed by atoms with Crippen molar-refractivity contribution in [1.82, 2.24) is 14.5 Å². The lowest BCUT2D eigenvalue weighted by Gasteiger charge is -2.32. The maximum Gasteiger partial charge on any atom is 0.274 e. The number of likely N-dealkylation sites (tertiary alicyclic amines) is 1. The fourth-order valence-corrected chi connectivity index (χ4v) is 2.99. The first-order valence-electron chi connectivity index (χ1n) is 8.00. The highest BCUT2D eigenvalue weighted by Crippen LogP contribution is 2.19. The smallest absolute Gasteiger partial charge is 0.274 e. The first kappa shape index (κ1) is 14.4. The number of anilines is 1. The monoisotopic (exact) mass is 292 g/mol. The van der Waals surface area contributed by atoms with Crippen molar-refractivity contribution in [2.75, 3.05) is 31.6 Å². The third-order valence-electron chi connectivity index (χ3n) is 4.08. The van der Waals surface area contributed by atoms with Gasteiger partial charge in [-0.15, -0.1) is 0 Å². The third-order valence-corrected chi connectivity index (χ3v) is 4.08. The molecule has 0 saturated carbocycles. The average molecular weight is 292 g/mol. The van der Waals surface area contributed by atoms with Gasteiger partial charge < -0.3 is 19.5 Å². The molecule has 0 radical (unpaired) electrons. The van der Waals surface area contributed by atoms with Gasteiger partial charge in [0.25, 0.3) is 5.91 Å². The van der Waals surface area contributed by atoms with Gasteiger partial charge in [0.05, 0.1) is 6.10 Å². The van der Waals surface area contributed by atoms with Crippen molar-refractivity contribution in [2.45, 2.75) is 45.3 Å². The molecule has 1 N–H and O–H groups in total. The summed E-state index contributed by atoms with van der Waals surface area (Å²) in [7, 11) is 0. The lowest BCUT2D eigenvalue weighted by Crippen LogP contribution is -2.43. The number of rotatable bonds is 4. The van der Waals surface area contributed by atoms with Crippen LogP contribution in [-0.4, -0.2) is 52.7 Å². The number of nitrogens with one attached hydrogen (secondary N) is 1. The molecule has 1 aromatic heterocycles. The molecule has 1 atom stereocenters. The zero-order valence-electron chi connectivity index (χ0n) is 12.7. The normalized spacial score (nSPS) is 21.8. The van der Waals surface area contributed by atoms with Crippen molar-refractivity contribution in [1.29, 1.82) is 0 Å². The molecule has 1 amide bonds. The van der Waals surface area contributed by atoms with Crippen LogP contribution in [0.15, 0.2) is 6.20 Å². The molecule has 2 aliphatic heterocycles. The van der Waals surface area contributed by atoms with E-state index < -0.39 is 0 Å². The fraction of sp³-hybridized carbons (Fsp3) is 0.733. The van der Waals surface area contributed by atoms with E-state index in [1.54, 1.807) is 0 Å². The Morgan fingerprint density at radius 1 is 1.48 bits per heavy atom. The van der Waals surface area contributed by atoms with Gasteiger partial charge >= 0.3 is 0 Å². The standard InChI is InChI=1S/C15H24N4O2/c1-2-9-21-12-5-3-7-18(10-12)14(20)13-11-19-8-4-6-16-15(19)17-13/h11-12H,2-10H2,1H3,(H,16,17). The molecule has 116 valence electrons. The number of fused-ring (bicyclic) bond motifs is 1. The van der Waals surface area contributed by atoms with E-state index in [-0.39, 0.29) is 12.0 Å². The molecule has 6 heteroatoms. The van der Waals surface area contributed by atoms with Crippen molar-refractivity contribution < 1.29 is 9.53 Å². The molecule has 0 spiro atoms. The second-order valence-electron chi connectivity index (χ2n) is 5.81. The molecule has 3 heterocycles. The van der Waals surface area contributed by atoms with Crippen LogP contribution in [0, 0.1) is 0 Å². The SMILES string of the molecule is CCCOC1CCCN(C(=O)c2cn3c(n2)NCCC3)C1. The molecule has 1 unspecified atom stereocenters. The predicted octanol–water partition coefficient (Wildman–Crippen LogP) is 1.73. The number of hydrogen-bond donors (Lipinski definition) is 1. The zero-order valence-corrected chi connectivity index (χ0v) is 12.7. The molecule has 0 aliphatic carbocycles. The number of carbonyl (C=O) groups excluding carboxylic acids is 1. The van der Waals surface area contributed by atoms with Gasteiger partial charge in [0.1, 0.15) is 5.69 Å². The Hall–Kier alpha value is -1.56. The van der Waals surface area contributed by atoms with Crippen molar-refractivity contribution in [2.24, 2.45) is 0 Å². The van der Waals surface area contributed by atoms with Crippen LogP contribution in [0.25, 0.3) is 0 Å². The van der Waals surface area contributed by atoms with E-state index in [0.717, 1.165) is 57.9 Å². The van der Waals surface area contributed by atoms with Gasteiger partial charge in [0.2, 0.25) is 5.95 Å². The number of aromatic nitrogens is 2. The highest BCUT2D eigenvalue weighted by molar-refractivity contribution is 5.92. The Balaban J connectivity index is 1.65. The van der Waals surface area contributed by atoms with Gasteiger partial charge in [0.15, 0.2) is 0 Å². The highest BCUT2D eigenvalue weighted by Gasteiger charge is 2.27. The molecule has 1 saturated heterocycles. The van der Waals surface area contributed by atoms with Gasteiger partial charge in [0, 0.05) is 39.0 Å². The van der Waals surface area contributed by atoms with Gasteiger partial charge in [-0.3, -0.25) is 4.79 Å². The molecule has 1 aromatic rings. The Kier molecular flexibility index (Phi) is 4.43. The van der Waals surface area contributed by atoms with Crippen LogP contribution in [0.4, 0.5) is 5.95 Å². The zero-order chi connectivity index (χ0) is 14.7. The quantitative estimate of drug-likeness (QED) is 0.918. The molecule has 0 aromatic carbocycles. The van der Waals surface area contributed by atoms with Crippen LogP contribution in [0.1, 0.15) is 43.1 Å². The number of ether oxygens (including phenoxy) is 1. The van der Waals surface area contributed by atoms with Gasteiger partial charge in [-0.2, -0.15) is 0 Å². The van der Waals surface area contributed by atoms with E-state index in [1.165, 1.54) is 0 Å². The van der Waals surface area contributed by atoms with Crippen molar-refractivity contribution >= 4 is 11.9 Å². The second-order valence-corrected chi connectivity index (χ2v) is 5.81. The molecule has 21 heavy (non-hydrogen) atoms. The Bertz CT molecular complexity index is 476. The van der Waals surface area contributed by atoms with Crippen molar-refractivity contribution in [3.63, 3.8) is 0 Å². The van der Waals surface area contributed by atoms with E-state index in [9.17, 15) is 4.79 Å². The molecule has 3 rings (SSSR count). The predicted molar refractivity (Wildman–Crippen MR) is 80.5 cm³/mol. The lowest BCUT2D eigenvalue weighted by molar-refractivity contribution is 0.00194. The minimum atomic E-state index is 0.0310. The number of hydrogen-bond acceptors (Lipinski definition) is 4. The molecular weight excluding hydrogens is 268 g/mol. The Labute approximate surface area is 125 Å². The first-order valence-corrected chi connectivity index (χ1v) is 8.00. The van der Waals surface area contributed by atoms with Crippen molar-refractivity contribution in [3.05, 3.63) is 11.9 Å². The summed E-state index contributed by atoms with van der Waals surface area (Å²) in [5, 5.41) is 3.23. The van der Waals surface area contributed by atoms with Crippen LogP contribution in [0.2, 0.25) is 0 Å². The van der Waals surface area contributed by atoms with Crippen LogP contribution in [0.3, 0.4) is 0 Å². The molecular formula is C15H24N4O2. The summed E-state index contributed by atoms with van der Waals surface area (Å²) >= 11 is 0. The van der Waals surface area contributed by atoms with E-state index in [2.05, 4.69) is 17.2 Å². The van der Waals surface area contributed by atoms with Gasteiger partial charge in [-0.25, -0.2) is 4.98 Å². The topological polar surface area (TPSA) is 59.4 Å². The summed E-state index contributed by atoms with van der Waals surface area (Å²) in [4.78, 5) is 18.9. The van der Waals surface area contributed by atoms with E-state index in [0.29, 0.717) is 12.2 Å². The summed E-state index contributed by atoms with van der Waals surface area (Å²) in [6.07, 6.45) is 6.20. The van der Waals surface area contributed by atoms with Gasteiger partial charge in [-0.05, 0) is 25.7 Å². The highest BCUT2D eigenvalue weighted by atomic mass is 16.5. The Morgan fingerprint density at radius 2 is 2.38 bits per heavy atom. The van der Waals surface area contributed by atoms with Crippen LogP contribution < -0.4 is 5.32 Å². The van der Waals surface area contributed by atoms with Crippen LogP contribution in [-0.2, 0) is 11.3 Å². The van der Waals surface area contributed by atoms with Crippen molar-refractivity contribution in [3.8, 4) is 0 Å². The van der Waals surface area contributed by atoms with Gasteiger partial charge in [-0.1, -0.05) is 6.92 Å². The fourth-order valence-electron chi connectivity index (χ4n) is 2.99. The third kappa shape index (κ3) is 3.20. The van der Waals surface area contributed by atoms with Crippen LogP contribution >= 0.6 is 0 Å². The number of piperidine rings is 1. The second kappa shape index (κ2) is 6.47. The molecule has 1 fully saturated rings. The lowest BCUT2D eigenvalue weighted by atomic mass is 10.1. The number of amides is 1. The first-order chi connectivity index (χ1) is 10.3. The molecule has 2 aliphatic rings. The summed E-state index contributed by atoms with van der Waals surface area (Å²) < 4.78 is 7.83.